The molecule has 1 aromatic rings. The van der Waals surface area contributed by atoms with Crippen molar-refractivity contribution in [3.8, 4) is 0 Å². The summed E-state index contributed by atoms with van der Waals surface area (Å²) in [7, 11) is 5.39. The van der Waals surface area contributed by atoms with E-state index in [4.69, 9.17) is 42.6 Å². The molecular formula is C46H76N2O14. The lowest BCUT2D eigenvalue weighted by atomic mass is 9.77. The van der Waals surface area contributed by atoms with Gasteiger partial charge in [0.1, 0.15) is 35.6 Å². The fourth-order valence-electron chi connectivity index (χ4n) is 10.0. The van der Waals surface area contributed by atoms with Crippen molar-refractivity contribution < 1.29 is 67.5 Å². The number of likely N-dealkylation sites (N-methyl/N-ethyl adjacent to an activating group) is 1. The van der Waals surface area contributed by atoms with Crippen molar-refractivity contribution >= 4 is 12.1 Å². The Kier molecular flexibility index (Phi) is 16.6. The van der Waals surface area contributed by atoms with E-state index in [-0.39, 0.29) is 43.9 Å². The molecular weight excluding hydrogens is 805 g/mol. The second-order valence-electron chi connectivity index (χ2n) is 19.4. The molecule has 4 saturated heterocycles. The van der Waals surface area contributed by atoms with Gasteiger partial charge in [-0.2, -0.15) is 0 Å². The number of carbonyl (C=O) groups excluding carboxylic acids is 2. The number of aliphatic hydroxyl groups is 3. The Morgan fingerprint density at radius 3 is 2.23 bits per heavy atom. The molecule has 16 nitrogen and oxygen atoms in total. The Morgan fingerprint density at radius 1 is 0.968 bits per heavy atom. The molecule has 1 spiro atoms. The molecule has 4 aliphatic heterocycles. The average molecular weight is 881 g/mol. The molecule has 1 aromatic carbocycles. The highest BCUT2D eigenvalue weighted by atomic mass is 16.8. The number of nitrogens with zero attached hydrogens (tertiary/aromatic N) is 1. The minimum absolute atomic E-state index is 0.00368. The summed E-state index contributed by atoms with van der Waals surface area (Å²) in [6.07, 6.45) is -8.18. The largest absolute Gasteiger partial charge is 0.509 e. The highest BCUT2D eigenvalue weighted by Crippen LogP contribution is 2.51. The Bertz CT molecular complexity index is 1610. The molecule has 5 rings (SSSR count). The Hall–Kier alpha value is -2.48. The van der Waals surface area contributed by atoms with E-state index in [9.17, 15) is 24.9 Å². The van der Waals surface area contributed by atoms with Crippen molar-refractivity contribution in [3.05, 3.63) is 35.9 Å². The first kappa shape index (κ1) is 50.5. The number of esters is 1. The zero-order valence-electron chi connectivity index (χ0n) is 39.2. The lowest BCUT2D eigenvalue weighted by Gasteiger charge is -2.49. The van der Waals surface area contributed by atoms with Crippen LogP contribution < -0.4 is 5.32 Å². The number of hydrogen-bond acceptors (Lipinski definition) is 16. The highest BCUT2D eigenvalue weighted by molar-refractivity contribution is 5.73. The molecule has 4 fully saturated rings. The van der Waals surface area contributed by atoms with E-state index in [0.29, 0.717) is 19.6 Å². The van der Waals surface area contributed by atoms with Crippen LogP contribution in [0.15, 0.2) is 30.3 Å². The summed E-state index contributed by atoms with van der Waals surface area (Å²) < 4.78 is 56.6. The van der Waals surface area contributed by atoms with Gasteiger partial charge in [-0.25, -0.2) is 4.79 Å². The first-order valence-electron chi connectivity index (χ1n) is 22.4. The lowest BCUT2D eigenvalue weighted by Crippen LogP contribution is -2.62. The van der Waals surface area contributed by atoms with E-state index in [2.05, 4.69) is 5.32 Å². The Balaban J connectivity index is 1.56. The van der Waals surface area contributed by atoms with Gasteiger partial charge in [0, 0.05) is 25.5 Å². The molecule has 2 unspecified atom stereocenters. The summed E-state index contributed by atoms with van der Waals surface area (Å²) in [5.74, 6) is -2.73. The van der Waals surface area contributed by atoms with Gasteiger partial charge in [-0.1, -0.05) is 51.1 Å². The van der Waals surface area contributed by atoms with Crippen molar-refractivity contribution in [2.75, 3.05) is 34.4 Å². The van der Waals surface area contributed by atoms with Crippen LogP contribution in [0.2, 0.25) is 0 Å². The Morgan fingerprint density at radius 2 is 1.63 bits per heavy atom. The van der Waals surface area contributed by atoms with E-state index >= 15 is 0 Å². The Labute approximate surface area is 368 Å². The van der Waals surface area contributed by atoms with Crippen LogP contribution in [0, 0.1) is 17.8 Å². The van der Waals surface area contributed by atoms with Gasteiger partial charge in [0.05, 0.1) is 48.6 Å². The van der Waals surface area contributed by atoms with Gasteiger partial charge in [-0.3, -0.25) is 4.79 Å². The number of ether oxygens (including phenoxy) is 9. The summed E-state index contributed by atoms with van der Waals surface area (Å²) in [5.41, 5.74) is -4.12. The molecule has 18 atom stereocenters. The minimum atomic E-state index is -1.82. The van der Waals surface area contributed by atoms with Gasteiger partial charge < -0.3 is 68.2 Å². The van der Waals surface area contributed by atoms with Gasteiger partial charge in [-0.05, 0) is 99.9 Å². The predicted octanol–water partition coefficient (Wildman–Crippen LogP) is 4.33. The van der Waals surface area contributed by atoms with Gasteiger partial charge in [0.2, 0.25) is 0 Å². The molecule has 354 valence electrons. The molecule has 0 amide bonds. The van der Waals surface area contributed by atoms with Crippen molar-refractivity contribution in [2.45, 2.75) is 191 Å². The van der Waals surface area contributed by atoms with Gasteiger partial charge in [0.15, 0.2) is 18.7 Å². The van der Waals surface area contributed by atoms with E-state index < -0.39 is 102 Å². The number of aliphatic hydroxyl groups excluding tert-OH is 1. The SMILES string of the molecule is CC[C@H]1OC(=O)[C@H](C)[C@@H](OC2C[C@@](C)(OC)[C@]3(CO3)[C@H](C)O2)[C@H](C)[C@@H](OC2O[C@H](C)C[C@H](N(C)C)[C@H]2OC(=O)OCc2ccccc2)[C@@](C)(O)C[C@@H](C)CN[C@H](C)[C@@H](O)[C@]1(C)O. The molecule has 0 aliphatic carbocycles. The third-order valence-corrected chi connectivity index (χ3v) is 14.0. The van der Waals surface area contributed by atoms with E-state index in [1.807, 2.05) is 83.9 Å². The lowest BCUT2D eigenvalue weighted by molar-refractivity contribution is -0.315. The summed E-state index contributed by atoms with van der Waals surface area (Å²) in [6.45, 7) is 18.7. The van der Waals surface area contributed by atoms with Crippen molar-refractivity contribution in [3.63, 3.8) is 0 Å². The summed E-state index contributed by atoms with van der Waals surface area (Å²) in [6, 6.07) is 8.29. The van der Waals surface area contributed by atoms with Crippen LogP contribution in [-0.2, 0) is 54.0 Å². The van der Waals surface area contributed by atoms with E-state index in [1.54, 1.807) is 34.8 Å². The third-order valence-electron chi connectivity index (χ3n) is 14.0. The first-order chi connectivity index (χ1) is 29.0. The number of nitrogens with one attached hydrogen (secondary N) is 1. The molecule has 4 N–H and O–H groups in total. The van der Waals surface area contributed by atoms with Crippen LogP contribution in [0.4, 0.5) is 4.79 Å². The van der Waals surface area contributed by atoms with Crippen LogP contribution in [0.5, 0.6) is 0 Å². The number of epoxide rings is 1. The first-order valence-corrected chi connectivity index (χ1v) is 22.4. The maximum Gasteiger partial charge on any atom is 0.509 e. The number of rotatable bonds is 10. The summed E-state index contributed by atoms with van der Waals surface area (Å²) in [5, 5.41) is 39.3. The number of methoxy groups -OCH3 is 1. The fourth-order valence-corrected chi connectivity index (χ4v) is 10.0. The van der Waals surface area contributed by atoms with Crippen molar-refractivity contribution in [2.24, 2.45) is 17.8 Å². The van der Waals surface area contributed by atoms with Crippen molar-refractivity contribution in [1.29, 1.82) is 0 Å². The maximum absolute atomic E-state index is 14.5. The topological polar surface area (TPSA) is 196 Å². The zero-order valence-corrected chi connectivity index (χ0v) is 39.2. The molecule has 0 saturated carbocycles. The quantitative estimate of drug-likeness (QED) is 0.191. The number of hydrogen-bond donors (Lipinski definition) is 4. The van der Waals surface area contributed by atoms with Crippen LogP contribution in [0.1, 0.15) is 100 Å². The van der Waals surface area contributed by atoms with Crippen LogP contribution in [0.25, 0.3) is 0 Å². The molecule has 4 heterocycles. The van der Waals surface area contributed by atoms with Gasteiger partial charge in [-0.15, -0.1) is 0 Å². The maximum atomic E-state index is 14.5. The normalized spacial score (nSPS) is 44.8. The highest BCUT2D eigenvalue weighted by Gasteiger charge is 2.67. The molecule has 0 bridgehead atoms. The van der Waals surface area contributed by atoms with Crippen LogP contribution >= 0.6 is 0 Å². The monoisotopic (exact) mass is 881 g/mol. The standard InChI is InChI=1S/C46H76N2O14/c1-14-34-45(10,53)38(49)30(6)47-23-26(2)21-43(8,52)39(28(4)36(29(5)40(50)59-34)60-35-22-44(9,54-13)46(25-56-46)31(7)58-35)62-41-37(33(48(11)12)20-27(3)57-41)61-42(51)55-24-32-18-16-15-17-19-32/h15-19,26-31,33-39,41,47,49,52-53H,14,20-25H2,1-13H3/t26-,27-,28+,29-,30-,31+,33+,34-,35?,36+,37-,38-,39-,41?,43+,44-,45-,46+/m1/s1. The number of carbonyl (C=O) groups is 2. The second-order valence-corrected chi connectivity index (χ2v) is 19.4. The molecule has 62 heavy (non-hydrogen) atoms. The summed E-state index contributed by atoms with van der Waals surface area (Å²) >= 11 is 0. The smallest absolute Gasteiger partial charge is 0.459 e. The zero-order chi connectivity index (χ0) is 45.9. The minimum Gasteiger partial charge on any atom is -0.459 e. The second kappa shape index (κ2) is 20.4. The van der Waals surface area contributed by atoms with Crippen LogP contribution in [-0.4, -0.2) is 156 Å². The van der Waals surface area contributed by atoms with E-state index in [1.165, 1.54) is 6.92 Å². The number of benzene rings is 1. The van der Waals surface area contributed by atoms with Gasteiger partial charge >= 0.3 is 12.1 Å². The molecule has 0 radical (unpaired) electrons. The molecule has 4 aliphatic rings. The van der Waals surface area contributed by atoms with Crippen LogP contribution in [0.3, 0.4) is 0 Å². The van der Waals surface area contributed by atoms with E-state index in [0.717, 1.165) is 5.56 Å². The molecule has 0 aromatic heterocycles. The summed E-state index contributed by atoms with van der Waals surface area (Å²) in [4.78, 5) is 29.8. The third kappa shape index (κ3) is 11.1. The average Bonchev–Trinajstić information content (AvgIpc) is 4.04. The fraction of sp³-hybridized carbons (Fsp3) is 0.826. The number of cyclic esters (lactones) is 1. The predicted molar refractivity (Wildman–Crippen MR) is 228 cm³/mol. The van der Waals surface area contributed by atoms with Crippen molar-refractivity contribution in [1.82, 2.24) is 10.2 Å². The molecule has 16 heteroatoms. The van der Waals surface area contributed by atoms with Gasteiger partial charge in [0.25, 0.3) is 0 Å².